The Morgan fingerprint density at radius 3 is 3.05 bits per heavy atom. The van der Waals surface area contributed by atoms with Gasteiger partial charge in [-0.15, -0.1) is 0 Å². The second kappa shape index (κ2) is 6.70. The maximum absolute atomic E-state index is 4.46. The summed E-state index contributed by atoms with van der Waals surface area (Å²) in [5, 5.41) is 3.05. The van der Waals surface area contributed by atoms with Crippen molar-refractivity contribution in [3.63, 3.8) is 0 Å². The van der Waals surface area contributed by atoms with E-state index in [4.69, 9.17) is 0 Å². The standard InChI is InChI=1S/C14H25N5/c1-12-6-4-5-9-19(12)11-10-18(3)14-16-8-7-13(15-2)17-14/h7-8,12H,4-6,9-11H2,1-3H3,(H,15,16,17)/t12-/m0/s1. The highest BCUT2D eigenvalue weighted by molar-refractivity contribution is 5.40. The third kappa shape index (κ3) is 3.80. The number of anilines is 2. The van der Waals surface area contributed by atoms with Gasteiger partial charge in [0.25, 0.3) is 0 Å². The number of nitrogens with zero attached hydrogens (tertiary/aromatic N) is 4. The number of aromatic nitrogens is 2. The molecule has 1 fully saturated rings. The third-order valence-electron chi connectivity index (χ3n) is 3.90. The van der Waals surface area contributed by atoms with Gasteiger partial charge in [0.2, 0.25) is 5.95 Å². The second-order valence-corrected chi connectivity index (χ2v) is 5.29. The van der Waals surface area contributed by atoms with Crippen molar-refractivity contribution >= 4 is 11.8 Å². The van der Waals surface area contributed by atoms with Crippen molar-refractivity contribution in [3.8, 4) is 0 Å². The zero-order valence-corrected chi connectivity index (χ0v) is 12.3. The number of likely N-dealkylation sites (tertiary alicyclic amines) is 1. The van der Waals surface area contributed by atoms with Crippen molar-refractivity contribution < 1.29 is 0 Å². The highest BCUT2D eigenvalue weighted by Crippen LogP contribution is 2.16. The summed E-state index contributed by atoms with van der Waals surface area (Å²) in [7, 11) is 3.94. The van der Waals surface area contributed by atoms with E-state index in [1.165, 1.54) is 25.8 Å². The normalized spacial score (nSPS) is 20.3. The molecule has 1 N–H and O–H groups in total. The molecule has 2 rings (SSSR count). The largest absolute Gasteiger partial charge is 0.373 e. The summed E-state index contributed by atoms with van der Waals surface area (Å²) < 4.78 is 0. The summed E-state index contributed by atoms with van der Waals surface area (Å²) in [6.07, 6.45) is 5.84. The molecule has 1 atom stereocenters. The molecule has 2 heterocycles. The SMILES string of the molecule is CNc1ccnc(N(C)CCN2CCCC[C@@H]2C)n1. The Bertz CT molecular complexity index is 395. The minimum Gasteiger partial charge on any atom is -0.373 e. The van der Waals surface area contributed by atoms with Crippen LogP contribution in [0.4, 0.5) is 11.8 Å². The number of nitrogens with one attached hydrogen (secondary N) is 1. The predicted octanol–water partition coefficient (Wildman–Crippen LogP) is 1.83. The van der Waals surface area contributed by atoms with Crippen LogP contribution >= 0.6 is 0 Å². The first-order valence-electron chi connectivity index (χ1n) is 7.16. The number of rotatable bonds is 5. The lowest BCUT2D eigenvalue weighted by Gasteiger charge is -2.34. The summed E-state index contributed by atoms with van der Waals surface area (Å²) >= 11 is 0. The topological polar surface area (TPSA) is 44.3 Å². The Morgan fingerprint density at radius 1 is 1.47 bits per heavy atom. The van der Waals surface area contributed by atoms with E-state index in [1.807, 2.05) is 13.1 Å². The van der Waals surface area contributed by atoms with Crippen molar-refractivity contribution in [2.45, 2.75) is 32.2 Å². The molecule has 19 heavy (non-hydrogen) atoms. The van der Waals surface area contributed by atoms with Crippen LogP contribution in [0.25, 0.3) is 0 Å². The van der Waals surface area contributed by atoms with Gasteiger partial charge < -0.3 is 10.2 Å². The van der Waals surface area contributed by atoms with E-state index in [0.717, 1.165) is 24.9 Å². The molecule has 0 unspecified atom stereocenters. The molecular weight excluding hydrogens is 238 g/mol. The van der Waals surface area contributed by atoms with Gasteiger partial charge in [-0.05, 0) is 32.4 Å². The van der Waals surface area contributed by atoms with E-state index >= 15 is 0 Å². The molecule has 0 aromatic carbocycles. The molecule has 0 amide bonds. The number of hydrogen-bond acceptors (Lipinski definition) is 5. The summed E-state index contributed by atoms with van der Waals surface area (Å²) in [5.41, 5.74) is 0. The summed E-state index contributed by atoms with van der Waals surface area (Å²) in [4.78, 5) is 13.5. The Balaban J connectivity index is 1.87. The molecule has 0 bridgehead atoms. The molecule has 1 aromatic heterocycles. The first kappa shape index (κ1) is 14.1. The number of hydrogen-bond donors (Lipinski definition) is 1. The highest BCUT2D eigenvalue weighted by atomic mass is 15.3. The van der Waals surface area contributed by atoms with Gasteiger partial charge in [-0.25, -0.2) is 4.98 Å². The fraction of sp³-hybridized carbons (Fsp3) is 0.714. The lowest BCUT2D eigenvalue weighted by Crippen LogP contribution is -2.42. The average molecular weight is 263 g/mol. The Labute approximate surface area is 116 Å². The molecule has 1 aliphatic rings. The van der Waals surface area contributed by atoms with E-state index < -0.39 is 0 Å². The van der Waals surface area contributed by atoms with Crippen LogP contribution in [0.15, 0.2) is 12.3 Å². The zero-order chi connectivity index (χ0) is 13.7. The molecule has 0 saturated carbocycles. The van der Waals surface area contributed by atoms with Crippen molar-refractivity contribution in [2.24, 2.45) is 0 Å². The summed E-state index contributed by atoms with van der Waals surface area (Å²) in [6, 6.07) is 2.59. The van der Waals surface area contributed by atoms with E-state index in [-0.39, 0.29) is 0 Å². The molecule has 5 heteroatoms. The molecule has 1 saturated heterocycles. The van der Waals surface area contributed by atoms with E-state index in [2.05, 4.69) is 39.1 Å². The van der Waals surface area contributed by atoms with Crippen LogP contribution in [0, 0.1) is 0 Å². The van der Waals surface area contributed by atoms with Crippen molar-refractivity contribution in [1.82, 2.24) is 14.9 Å². The number of piperidine rings is 1. The highest BCUT2D eigenvalue weighted by Gasteiger charge is 2.18. The van der Waals surface area contributed by atoms with Crippen molar-refractivity contribution in [3.05, 3.63) is 12.3 Å². The number of likely N-dealkylation sites (N-methyl/N-ethyl adjacent to an activating group) is 1. The second-order valence-electron chi connectivity index (χ2n) is 5.29. The Hall–Kier alpha value is -1.36. The first-order valence-corrected chi connectivity index (χ1v) is 7.16. The van der Waals surface area contributed by atoms with Crippen LogP contribution < -0.4 is 10.2 Å². The average Bonchev–Trinajstić information content (AvgIpc) is 2.46. The fourth-order valence-electron chi connectivity index (χ4n) is 2.54. The van der Waals surface area contributed by atoms with Gasteiger partial charge in [-0.2, -0.15) is 4.98 Å². The quantitative estimate of drug-likeness (QED) is 0.878. The molecule has 0 radical (unpaired) electrons. The van der Waals surface area contributed by atoms with Gasteiger partial charge in [0.05, 0.1) is 0 Å². The lowest BCUT2D eigenvalue weighted by molar-refractivity contribution is 0.165. The van der Waals surface area contributed by atoms with Crippen molar-refractivity contribution in [2.75, 3.05) is 43.9 Å². The lowest BCUT2D eigenvalue weighted by atomic mass is 10.0. The summed E-state index contributed by atoms with van der Waals surface area (Å²) in [6.45, 7) is 5.62. The van der Waals surface area contributed by atoms with Crippen LogP contribution in [-0.4, -0.2) is 54.6 Å². The maximum atomic E-state index is 4.46. The van der Waals surface area contributed by atoms with Crippen LogP contribution in [0.1, 0.15) is 26.2 Å². The van der Waals surface area contributed by atoms with Gasteiger partial charge in [0.1, 0.15) is 5.82 Å². The molecule has 1 aromatic rings. The predicted molar refractivity (Wildman–Crippen MR) is 79.7 cm³/mol. The molecular formula is C14H25N5. The van der Waals surface area contributed by atoms with Gasteiger partial charge >= 0.3 is 0 Å². The van der Waals surface area contributed by atoms with E-state index in [9.17, 15) is 0 Å². The Morgan fingerprint density at radius 2 is 2.32 bits per heavy atom. The molecule has 0 spiro atoms. The van der Waals surface area contributed by atoms with Crippen LogP contribution in [-0.2, 0) is 0 Å². The van der Waals surface area contributed by atoms with E-state index in [1.54, 1.807) is 6.20 Å². The monoisotopic (exact) mass is 263 g/mol. The molecule has 1 aliphatic heterocycles. The van der Waals surface area contributed by atoms with Crippen molar-refractivity contribution in [1.29, 1.82) is 0 Å². The first-order chi connectivity index (χ1) is 9.20. The minimum absolute atomic E-state index is 0.715. The molecule has 5 nitrogen and oxygen atoms in total. The molecule has 106 valence electrons. The van der Waals surface area contributed by atoms with E-state index in [0.29, 0.717) is 6.04 Å². The maximum Gasteiger partial charge on any atom is 0.227 e. The smallest absolute Gasteiger partial charge is 0.227 e. The van der Waals surface area contributed by atoms with Gasteiger partial charge in [-0.3, -0.25) is 4.90 Å². The zero-order valence-electron chi connectivity index (χ0n) is 12.3. The summed E-state index contributed by atoms with van der Waals surface area (Å²) in [5.74, 6) is 1.65. The fourth-order valence-corrected chi connectivity index (χ4v) is 2.54. The van der Waals surface area contributed by atoms with Crippen LogP contribution in [0.2, 0.25) is 0 Å². The van der Waals surface area contributed by atoms with Crippen LogP contribution in [0.5, 0.6) is 0 Å². The Kier molecular flexibility index (Phi) is 4.96. The van der Waals surface area contributed by atoms with Gasteiger partial charge in [0, 0.05) is 39.4 Å². The molecule has 0 aliphatic carbocycles. The van der Waals surface area contributed by atoms with Gasteiger partial charge in [0.15, 0.2) is 0 Å². The third-order valence-corrected chi connectivity index (χ3v) is 3.90. The van der Waals surface area contributed by atoms with Crippen LogP contribution in [0.3, 0.4) is 0 Å². The van der Waals surface area contributed by atoms with Gasteiger partial charge in [-0.1, -0.05) is 6.42 Å². The minimum atomic E-state index is 0.715.